The molecular formula is C23H38F2N4O. The van der Waals surface area contributed by atoms with E-state index < -0.39 is 5.92 Å². The molecule has 0 unspecified atom stereocenters. The molecule has 0 radical (unpaired) electrons. The summed E-state index contributed by atoms with van der Waals surface area (Å²) in [6.45, 7) is 8.56. The SMILES string of the molecule is CNCCN(C)Cc1nn2c(c1[C@H]1CC[C@]3(CC1)COCC(C)(C)C3)CC(F)(F)C2. The molecule has 30 heavy (non-hydrogen) atoms. The lowest BCUT2D eigenvalue weighted by molar-refractivity contribution is -0.0928. The zero-order valence-corrected chi connectivity index (χ0v) is 19.1. The van der Waals surface area contributed by atoms with Crippen molar-refractivity contribution in [1.82, 2.24) is 20.0 Å². The summed E-state index contributed by atoms with van der Waals surface area (Å²) in [7, 11) is 4.03. The van der Waals surface area contributed by atoms with Crippen molar-refractivity contribution in [3.63, 3.8) is 0 Å². The van der Waals surface area contributed by atoms with E-state index >= 15 is 0 Å². The highest BCUT2D eigenvalue weighted by Gasteiger charge is 2.46. The summed E-state index contributed by atoms with van der Waals surface area (Å²) in [5, 5.41) is 7.86. The summed E-state index contributed by atoms with van der Waals surface area (Å²) in [5.74, 6) is -2.32. The molecule has 170 valence electrons. The molecule has 1 saturated heterocycles. The Hall–Kier alpha value is -1.05. The second kappa shape index (κ2) is 8.14. The van der Waals surface area contributed by atoms with Crippen molar-refractivity contribution in [2.45, 2.75) is 77.3 Å². The minimum Gasteiger partial charge on any atom is -0.380 e. The number of nitrogens with one attached hydrogen (secondary N) is 1. The largest absolute Gasteiger partial charge is 0.380 e. The Labute approximate surface area is 179 Å². The van der Waals surface area contributed by atoms with Crippen molar-refractivity contribution < 1.29 is 13.5 Å². The maximum Gasteiger partial charge on any atom is 0.272 e. The van der Waals surface area contributed by atoms with Crippen LogP contribution >= 0.6 is 0 Å². The number of hydrogen-bond acceptors (Lipinski definition) is 4. The standard InChI is InChI=1S/C23H38F2N4O/c1-21(2)13-22(16-30-15-21)7-5-17(6-8-22)20-18(12-28(4)10-9-26-3)27-29-14-23(24,25)11-19(20)29/h17,26H,5-16H2,1-4H3/t17-,22+. The number of rotatable bonds is 6. The number of fused-ring (bicyclic) bond motifs is 1. The summed E-state index contributed by atoms with van der Waals surface area (Å²) in [6.07, 6.45) is 5.39. The van der Waals surface area contributed by atoms with E-state index in [0.29, 0.717) is 5.92 Å². The predicted molar refractivity (Wildman–Crippen MR) is 114 cm³/mol. The first-order valence-corrected chi connectivity index (χ1v) is 11.5. The highest BCUT2D eigenvalue weighted by atomic mass is 19.3. The van der Waals surface area contributed by atoms with Gasteiger partial charge in [0.15, 0.2) is 0 Å². The van der Waals surface area contributed by atoms with Gasteiger partial charge in [0.1, 0.15) is 6.54 Å². The molecule has 0 aromatic carbocycles. The number of alkyl halides is 2. The van der Waals surface area contributed by atoms with Gasteiger partial charge in [0.2, 0.25) is 0 Å². The fourth-order valence-electron chi connectivity index (χ4n) is 6.13. The van der Waals surface area contributed by atoms with Gasteiger partial charge in [0, 0.05) is 30.9 Å². The van der Waals surface area contributed by atoms with Gasteiger partial charge in [-0.15, -0.1) is 0 Å². The van der Waals surface area contributed by atoms with E-state index in [1.165, 1.54) is 6.42 Å². The Kier molecular flexibility index (Phi) is 6.01. The van der Waals surface area contributed by atoms with Crippen molar-refractivity contribution in [2.75, 3.05) is 40.4 Å². The van der Waals surface area contributed by atoms with Crippen molar-refractivity contribution >= 4 is 0 Å². The molecular weight excluding hydrogens is 386 g/mol. The number of likely N-dealkylation sites (N-methyl/N-ethyl adjacent to an activating group) is 2. The van der Waals surface area contributed by atoms with Gasteiger partial charge >= 0.3 is 0 Å². The quantitative estimate of drug-likeness (QED) is 0.754. The van der Waals surface area contributed by atoms with Gasteiger partial charge in [-0.2, -0.15) is 5.10 Å². The van der Waals surface area contributed by atoms with E-state index in [-0.39, 0.29) is 23.8 Å². The molecule has 0 amide bonds. The second-order valence-electron chi connectivity index (χ2n) is 10.9. The molecule has 5 nitrogen and oxygen atoms in total. The number of aromatic nitrogens is 2. The summed E-state index contributed by atoms with van der Waals surface area (Å²) in [6, 6.07) is 0. The van der Waals surface area contributed by atoms with Crippen molar-refractivity contribution in [2.24, 2.45) is 10.8 Å². The first-order chi connectivity index (χ1) is 14.1. The van der Waals surface area contributed by atoms with E-state index in [4.69, 9.17) is 4.74 Å². The van der Waals surface area contributed by atoms with Crippen LogP contribution in [0.1, 0.15) is 68.8 Å². The van der Waals surface area contributed by atoms with Gasteiger partial charge in [-0.25, -0.2) is 8.78 Å². The van der Waals surface area contributed by atoms with Crippen molar-refractivity contribution in [1.29, 1.82) is 0 Å². The molecule has 1 aliphatic carbocycles. The molecule has 7 heteroatoms. The fraction of sp³-hybridized carbons (Fsp3) is 0.870. The molecule has 0 atom stereocenters. The van der Waals surface area contributed by atoms with E-state index in [0.717, 1.165) is 75.5 Å². The first-order valence-electron chi connectivity index (χ1n) is 11.5. The second-order valence-corrected chi connectivity index (χ2v) is 10.9. The Bertz CT molecular complexity index is 753. The highest BCUT2D eigenvalue weighted by molar-refractivity contribution is 5.34. The normalized spacial score (nSPS) is 30.2. The third-order valence-electron chi connectivity index (χ3n) is 7.35. The first kappa shape index (κ1) is 22.2. The molecule has 3 aliphatic rings. The molecule has 0 bridgehead atoms. The summed E-state index contributed by atoms with van der Waals surface area (Å²) < 4.78 is 35.9. The van der Waals surface area contributed by atoms with Crippen LogP contribution < -0.4 is 5.32 Å². The Morgan fingerprint density at radius 1 is 1.23 bits per heavy atom. The summed E-state index contributed by atoms with van der Waals surface area (Å²) in [4.78, 5) is 2.23. The van der Waals surface area contributed by atoms with Crippen LogP contribution in [0.2, 0.25) is 0 Å². The van der Waals surface area contributed by atoms with Crippen LogP contribution in [0, 0.1) is 10.8 Å². The Morgan fingerprint density at radius 3 is 2.63 bits per heavy atom. The third-order valence-corrected chi connectivity index (χ3v) is 7.35. The van der Waals surface area contributed by atoms with Gasteiger partial charge in [0.25, 0.3) is 5.92 Å². The van der Waals surface area contributed by atoms with Crippen LogP contribution in [0.4, 0.5) is 8.78 Å². The zero-order valence-electron chi connectivity index (χ0n) is 19.1. The van der Waals surface area contributed by atoms with Gasteiger partial charge in [-0.3, -0.25) is 9.58 Å². The molecule has 1 N–H and O–H groups in total. The van der Waals surface area contributed by atoms with Gasteiger partial charge in [0.05, 0.1) is 25.3 Å². The smallest absolute Gasteiger partial charge is 0.272 e. The molecule has 1 aromatic heterocycles. The lowest BCUT2D eigenvalue weighted by Crippen LogP contribution is -2.43. The number of hydrogen-bond donors (Lipinski definition) is 1. The van der Waals surface area contributed by atoms with E-state index in [2.05, 4.69) is 36.2 Å². The topological polar surface area (TPSA) is 42.3 Å². The van der Waals surface area contributed by atoms with Gasteiger partial charge in [-0.1, -0.05) is 13.8 Å². The van der Waals surface area contributed by atoms with Gasteiger partial charge in [-0.05, 0) is 62.9 Å². The van der Waals surface area contributed by atoms with Crippen LogP contribution in [0.15, 0.2) is 0 Å². The van der Waals surface area contributed by atoms with E-state index in [9.17, 15) is 8.78 Å². The Morgan fingerprint density at radius 2 is 1.97 bits per heavy atom. The lowest BCUT2D eigenvalue weighted by atomic mass is 9.62. The van der Waals surface area contributed by atoms with Gasteiger partial charge < -0.3 is 10.1 Å². The van der Waals surface area contributed by atoms with Crippen LogP contribution in [0.25, 0.3) is 0 Å². The maximum atomic E-state index is 14.2. The predicted octanol–water partition coefficient (Wildman–Crippen LogP) is 3.82. The number of ether oxygens (including phenoxy) is 1. The fourth-order valence-corrected chi connectivity index (χ4v) is 6.13. The zero-order chi connectivity index (χ0) is 21.6. The average Bonchev–Trinajstić information content (AvgIpc) is 3.11. The van der Waals surface area contributed by atoms with Crippen molar-refractivity contribution in [3.05, 3.63) is 17.0 Å². The summed E-state index contributed by atoms with van der Waals surface area (Å²) in [5.41, 5.74) is 3.43. The highest BCUT2D eigenvalue weighted by Crippen LogP contribution is 2.52. The number of halogens is 2. The monoisotopic (exact) mass is 424 g/mol. The summed E-state index contributed by atoms with van der Waals surface area (Å²) >= 11 is 0. The van der Waals surface area contributed by atoms with Crippen LogP contribution in [-0.4, -0.2) is 61.0 Å². The molecule has 1 spiro atoms. The Balaban J connectivity index is 1.53. The van der Waals surface area contributed by atoms with Crippen LogP contribution in [0.3, 0.4) is 0 Å². The van der Waals surface area contributed by atoms with E-state index in [1.54, 1.807) is 4.68 Å². The van der Waals surface area contributed by atoms with Crippen molar-refractivity contribution in [3.8, 4) is 0 Å². The van der Waals surface area contributed by atoms with E-state index in [1.807, 2.05) is 7.05 Å². The van der Waals surface area contributed by atoms with Crippen LogP contribution in [0.5, 0.6) is 0 Å². The minimum absolute atomic E-state index is 0.159. The molecule has 1 aromatic rings. The molecule has 3 heterocycles. The minimum atomic E-state index is -2.66. The molecule has 2 aliphatic heterocycles. The molecule has 1 saturated carbocycles. The molecule has 4 rings (SSSR count). The molecule has 2 fully saturated rings. The lowest BCUT2D eigenvalue weighted by Gasteiger charge is -2.48. The average molecular weight is 425 g/mol. The maximum absolute atomic E-state index is 14.2. The van der Waals surface area contributed by atoms with Crippen LogP contribution in [-0.2, 0) is 24.2 Å². The number of nitrogens with zero attached hydrogens (tertiary/aromatic N) is 3. The third kappa shape index (κ3) is 4.58.